The predicted octanol–water partition coefficient (Wildman–Crippen LogP) is 3.23. The molecule has 0 unspecified atom stereocenters. The number of thiophene rings is 1. The highest BCUT2D eigenvalue weighted by Crippen LogP contribution is 2.34. The van der Waals surface area contributed by atoms with Gasteiger partial charge in [-0.15, -0.1) is 22.7 Å². The Morgan fingerprint density at radius 1 is 1.52 bits per heavy atom. The third kappa shape index (κ3) is 4.14. The summed E-state index contributed by atoms with van der Waals surface area (Å²) in [5.41, 5.74) is 0.580. The summed E-state index contributed by atoms with van der Waals surface area (Å²) in [5, 5.41) is 13.6. The van der Waals surface area contributed by atoms with Gasteiger partial charge in [-0.25, -0.2) is 9.78 Å². The number of nitrogens with zero attached hydrogens (tertiary/aromatic N) is 1. The number of nitrogens with one attached hydrogen (secondary N) is 1. The quantitative estimate of drug-likeness (QED) is 0.796. The summed E-state index contributed by atoms with van der Waals surface area (Å²) in [6, 6.07) is 3.71. The van der Waals surface area contributed by atoms with Gasteiger partial charge in [0, 0.05) is 4.88 Å². The van der Waals surface area contributed by atoms with E-state index in [2.05, 4.69) is 16.9 Å². The highest BCUT2D eigenvalue weighted by Gasteiger charge is 2.17. The summed E-state index contributed by atoms with van der Waals surface area (Å²) >= 11 is 2.58. The third-order valence-electron chi connectivity index (χ3n) is 2.30. The molecule has 0 fully saturated rings. The number of aromatic nitrogens is 1. The largest absolute Gasteiger partial charge is 0.481 e. The molecule has 6 nitrogen and oxygen atoms in total. The van der Waals surface area contributed by atoms with E-state index >= 15 is 0 Å². The topological polar surface area (TPSA) is 88.5 Å². The van der Waals surface area contributed by atoms with Crippen molar-refractivity contribution in [2.75, 3.05) is 11.9 Å². The molecule has 0 aromatic carbocycles. The van der Waals surface area contributed by atoms with Gasteiger partial charge in [0.05, 0.1) is 17.0 Å². The lowest BCUT2D eigenvalue weighted by Gasteiger charge is -2.00. The number of hydrogen-bond acceptors (Lipinski definition) is 6. The normalized spacial score (nSPS) is 10.1. The molecule has 2 N–H and O–H groups in total. The lowest BCUT2D eigenvalue weighted by molar-refractivity contribution is -0.136. The van der Waals surface area contributed by atoms with Crippen LogP contribution in [0.1, 0.15) is 4.88 Å². The Bertz CT molecular complexity index is 649. The van der Waals surface area contributed by atoms with Crippen LogP contribution in [-0.2, 0) is 16.0 Å². The van der Waals surface area contributed by atoms with Crippen LogP contribution in [0, 0.1) is 0 Å². The molecule has 0 bridgehead atoms. The van der Waals surface area contributed by atoms with Gasteiger partial charge < -0.3 is 9.84 Å². The number of thiazole rings is 1. The Balaban J connectivity index is 2.21. The number of amides is 1. The highest BCUT2D eigenvalue weighted by molar-refractivity contribution is 7.17. The van der Waals surface area contributed by atoms with Crippen LogP contribution in [0.25, 0.3) is 10.6 Å². The van der Waals surface area contributed by atoms with Crippen molar-refractivity contribution in [2.45, 2.75) is 6.42 Å². The highest BCUT2D eigenvalue weighted by atomic mass is 32.1. The lowest BCUT2D eigenvalue weighted by Crippen LogP contribution is -2.13. The van der Waals surface area contributed by atoms with E-state index in [0.717, 1.165) is 16.2 Å². The van der Waals surface area contributed by atoms with Crippen molar-refractivity contribution < 1.29 is 19.4 Å². The molecule has 2 aromatic rings. The van der Waals surface area contributed by atoms with Crippen molar-refractivity contribution in [3.63, 3.8) is 0 Å². The second kappa shape index (κ2) is 7.00. The van der Waals surface area contributed by atoms with Gasteiger partial charge in [-0.1, -0.05) is 18.7 Å². The number of carboxylic acids is 1. The van der Waals surface area contributed by atoms with E-state index in [1.54, 1.807) is 0 Å². The lowest BCUT2D eigenvalue weighted by atomic mass is 10.2. The van der Waals surface area contributed by atoms with E-state index in [1.807, 2.05) is 17.5 Å². The zero-order valence-corrected chi connectivity index (χ0v) is 12.5. The summed E-state index contributed by atoms with van der Waals surface area (Å²) in [6.45, 7) is 3.54. The molecule has 0 spiro atoms. The molecule has 0 atom stereocenters. The van der Waals surface area contributed by atoms with Crippen LogP contribution < -0.4 is 5.32 Å². The van der Waals surface area contributed by atoms with Gasteiger partial charge in [-0.3, -0.25) is 10.1 Å². The van der Waals surface area contributed by atoms with Crippen molar-refractivity contribution in [1.82, 2.24) is 4.98 Å². The van der Waals surface area contributed by atoms with Crippen LogP contribution in [0.2, 0.25) is 0 Å². The minimum absolute atomic E-state index is 0.0942. The Morgan fingerprint density at radius 2 is 2.33 bits per heavy atom. The fourth-order valence-corrected chi connectivity index (χ4v) is 3.28. The molecule has 110 valence electrons. The van der Waals surface area contributed by atoms with Crippen molar-refractivity contribution in [2.24, 2.45) is 0 Å². The summed E-state index contributed by atoms with van der Waals surface area (Å²) < 4.78 is 4.80. The first kappa shape index (κ1) is 15.2. The van der Waals surface area contributed by atoms with Crippen molar-refractivity contribution in [3.8, 4) is 10.6 Å². The summed E-state index contributed by atoms with van der Waals surface area (Å²) in [5.74, 6) is -0.947. The number of hydrogen-bond donors (Lipinski definition) is 2. The molecule has 0 radical (unpaired) electrons. The van der Waals surface area contributed by atoms with Gasteiger partial charge in [0.2, 0.25) is 0 Å². The average Bonchev–Trinajstić information content (AvgIpc) is 3.05. The summed E-state index contributed by atoms with van der Waals surface area (Å²) in [4.78, 5) is 28.1. The second-order valence-corrected chi connectivity index (χ2v) is 5.88. The van der Waals surface area contributed by atoms with Crippen LogP contribution in [0.5, 0.6) is 0 Å². The van der Waals surface area contributed by atoms with Crippen molar-refractivity contribution in [1.29, 1.82) is 0 Å². The molecular formula is C13H12N2O4S2. The van der Waals surface area contributed by atoms with E-state index in [1.165, 1.54) is 17.4 Å². The number of carboxylic acid groups (broad SMARTS) is 1. The molecule has 0 aliphatic heterocycles. The molecule has 21 heavy (non-hydrogen) atoms. The van der Waals surface area contributed by atoms with E-state index in [0.29, 0.717) is 15.7 Å². The van der Waals surface area contributed by atoms with Gasteiger partial charge in [0.15, 0.2) is 5.13 Å². The maximum Gasteiger partial charge on any atom is 0.413 e. The average molecular weight is 324 g/mol. The van der Waals surface area contributed by atoms with E-state index in [9.17, 15) is 9.59 Å². The Kier molecular flexibility index (Phi) is 5.07. The number of aliphatic carboxylic acids is 1. The van der Waals surface area contributed by atoms with Crippen LogP contribution in [-0.4, -0.2) is 28.8 Å². The second-order valence-electron chi connectivity index (χ2n) is 3.85. The third-order valence-corrected chi connectivity index (χ3v) is 4.15. The van der Waals surface area contributed by atoms with E-state index in [-0.39, 0.29) is 13.0 Å². The fourth-order valence-electron chi connectivity index (χ4n) is 1.53. The zero-order chi connectivity index (χ0) is 15.2. The Hall–Kier alpha value is -2.19. The van der Waals surface area contributed by atoms with Gasteiger partial charge in [0.1, 0.15) is 6.61 Å². The number of ether oxygens (including phenoxy) is 1. The van der Waals surface area contributed by atoms with Crippen LogP contribution in [0.3, 0.4) is 0 Å². The van der Waals surface area contributed by atoms with Gasteiger partial charge >= 0.3 is 12.1 Å². The number of carbonyl (C=O) groups excluding carboxylic acids is 1. The van der Waals surface area contributed by atoms with Crippen LogP contribution in [0.4, 0.5) is 9.93 Å². The first-order chi connectivity index (χ1) is 10.1. The summed E-state index contributed by atoms with van der Waals surface area (Å²) in [6.07, 6.45) is 0.658. The van der Waals surface area contributed by atoms with E-state index in [4.69, 9.17) is 9.84 Å². The number of rotatable bonds is 6. The SMILES string of the molecule is C=CCOC(=O)Nc1nc(-c2cccs2)c(CC(=O)O)s1. The predicted molar refractivity (Wildman–Crippen MR) is 81.9 cm³/mol. The molecular weight excluding hydrogens is 312 g/mol. The maximum atomic E-state index is 11.5. The first-order valence-corrected chi connectivity index (χ1v) is 7.60. The fraction of sp³-hybridized carbons (Fsp3) is 0.154. The molecule has 1 amide bonds. The maximum absolute atomic E-state index is 11.5. The van der Waals surface area contributed by atoms with Gasteiger partial charge in [0.25, 0.3) is 0 Å². The number of anilines is 1. The first-order valence-electron chi connectivity index (χ1n) is 5.90. The summed E-state index contributed by atoms with van der Waals surface area (Å²) in [7, 11) is 0. The molecule has 0 aliphatic carbocycles. The number of carbonyl (C=O) groups is 2. The van der Waals surface area contributed by atoms with Crippen LogP contribution in [0.15, 0.2) is 30.2 Å². The molecule has 2 heterocycles. The Morgan fingerprint density at radius 3 is 2.95 bits per heavy atom. The van der Waals surface area contributed by atoms with Crippen molar-refractivity contribution >= 4 is 39.9 Å². The van der Waals surface area contributed by atoms with Crippen LogP contribution >= 0.6 is 22.7 Å². The Labute approximate surface area is 128 Å². The van der Waals surface area contributed by atoms with Crippen molar-refractivity contribution in [3.05, 3.63) is 35.0 Å². The minimum Gasteiger partial charge on any atom is -0.481 e. The zero-order valence-electron chi connectivity index (χ0n) is 10.9. The standard InChI is InChI=1S/C13H12N2O4S2/c1-2-5-19-13(18)15-12-14-11(8-4-3-6-20-8)9(21-12)7-10(16)17/h2-4,6H,1,5,7H2,(H,16,17)(H,14,15,18). The van der Waals surface area contributed by atoms with Gasteiger partial charge in [-0.2, -0.15) is 0 Å². The monoisotopic (exact) mass is 324 g/mol. The smallest absolute Gasteiger partial charge is 0.413 e. The molecule has 0 saturated heterocycles. The van der Waals surface area contributed by atoms with Gasteiger partial charge in [-0.05, 0) is 11.4 Å². The molecule has 2 rings (SSSR count). The minimum atomic E-state index is -0.947. The van der Waals surface area contributed by atoms with E-state index < -0.39 is 12.1 Å². The molecule has 2 aromatic heterocycles. The molecule has 0 saturated carbocycles. The molecule has 0 aliphatic rings. The molecule has 8 heteroatoms.